The zero-order valence-electron chi connectivity index (χ0n) is 12.2. The highest BCUT2D eigenvalue weighted by Crippen LogP contribution is 2.23. The summed E-state index contributed by atoms with van der Waals surface area (Å²) < 4.78 is 0. The minimum Gasteiger partial charge on any atom is -0.472 e. The van der Waals surface area contributed by atoms with E-state index in [4.69, 9.17) is 14.9 Å². The van der Waals surface area contributed by atoms with Gasteiger partial charge in [-0.1, -0.05) is 26.7 Å². The van der Waals surface area contributed by atoms with Gasteiger partial charge in [-0.05, 0) is 39.0 Å². The number of hydrogen-bond acceptors (Lipinski definition) is 3. The van der Waals surface area contributed by atoms with Crippen LogP contribution in [0.1, 0.15) is 54.4 Å². The van der Waals surface area contributed by atoms with Crippen molar-refractivity contribution in [3.63, 3.8) is 0 Å². The summed E-state index contributed by atoms with van der Waals surface area (Å²) in [5, 5.41) is 8.55. The summed E-state index contributed by atoms with van der Waals surface area (Å²) in [7, 11) is 0. The molecule has 0 aliphatic rings. The van der Waals surface area contributed by atoms with Crippen molar-refractivity contribution in [3.05, 3.63) is 0 Å². The lowest BCUT2D eigenvalue weighted by molar-refractivity contribution is -0.364. The molecule has 0 spiro atoms. The summed E-state index contributed by atoms with van der Waals surface area (Å²) in [6.07, 6.45) is 0.999. The topological polar surface area (TPSA) is 55.8 Å². The molecule has 0 saturated carbocycles. The highest BCUT2D eigenvalue weighted by atomic mass is 17.2. The van der Waals surface area contributed by atoms with E-state index in [0.717, 1.165) is 6.42 Å². The Labute approximate surface area is 110 Å². The molecule has 0 radical (unpaired) electrons. The van der Waals surface area contributed by atoms with Gasteiger partial charge in [-0.25, -0.2) is 14.6 Å². The van der Waals surface area contributed by atoms with Gasteiger partial charge >= 0.3 is 5.97 Å². The van der Waals surface area contributed by atoms with Crippen LogP contribution < -0.4 is 0 Å². The molecule has 1 atom stereocenters. The smallest absolute Gasteiger partial charge is 0.381 e. The van der Waals surface area contributed by atoms with Gasteiger partial charge in [0.2, 0.25) is 0 Å². The van der Waals surface area contributed by atoms with Crippen LogP contribution in [0.15, 0.2) is 0 Å². The van der Waals surface area contributed by atoms with Crippen molar-refractivity contribution in [2.45, 2.75) is 66.1 Å². The van der Waals surface area contributed by atoms with Gasteiger partial charge in [0.15, 0.2) is 6.10 Å². The van der Waals surface area contributed by atoms with Crippen LogP contribution in [0.4, 0.5) is 0 Å². The molecule has 0 aliphatic heterocycles. The van der Waals surface area contributed by atoms with Crippen LogP contribution in [0.2, 0.25) is 0 Å². The molecule has 0 aromatic rings. The Bertz CT molecular complexity index is 304. The molecule has 4 nitrogen and oxygen atoms in total. The van der Waals surface area contributed by atoms with E-state index in [1.807, 2.05) is 20.8 Å². The lowest BCUT2D eigenvalue weighted by Gasteiger charge is -2.23. The number of hydrogen-bond donors (Lipinski definition) is 1. The standard InChI is InChI=1S/C14H24O4/c1-13(2,3)10-9-11(7-8-12(15)16)17-18-14(4,5)6/h11H,9-10H2,1-6H3,(H,15,16). The molecule has 0 aromatic carbocycles. The second kappa shape index (κ2) is 6.77. The number of rotatable bonds is 4. The van der Waals surface area contributed by atoms with Crippen molar-refractivity contribution in [2.24, 2.45) is 5.41 Å². The molecule has 4 heteroatoms. The third-order valence-corrected chi connectivity index (χ3v) is 1.91. The fourth-order valence-electron chi connectivity index (χ4n) is 1.05. The molecular weight excluding hydrogens is 232 g/mol. The Kier molecular flexibility index (Phi) is 6.37. The van der Waals surface area contributed by atoms with Gasteiger partial charge < -0.3 is 5.11 Å². The van der Waals surface area contributed by atoms with E-state index >= 15 is 0 Å². The van der Waals surface area contributed by atoms with Crippen molar-refractivity contribution in [3.8, 4) is 11.8 Å². The van der Waals surface area contributed by atoms with E-state index < -0.39 is 17.7 Å². The second-order valence-corrected chi connectivity index (χ2v) is 6.45. The molecule has 0 aromatic heterocycles. The average molecular weight is 256 g/mol. The fraction of sp³-hybridized carbons (Fsp3) is 0.786. The first-order valence-electron chi connectivity index (χ1n) is 6.08. The number of carboxylic acid groups (broad SMARTS) is 1. The van der Waals surface area contributed by atoms with Gasteiger partial charge in [0, 0.05) is 5.92 Å². The summed E-state index contributed by atoms with van der Waals surface area (Å²) in [5.74, 6) is 3.49. The molecule has 1 unspecified atom stereocenters. The molecule has 0 rings (SSSR count). The number of aliphatic carboxylic acids is 1. The molecule has 0 aliphatic carbocycles. The summed E-state index contributed by atoms with van der Waals surface area (Å²) in [4.78, 5) is 20.8. The van der Waals surface area contributed by atoms with Crippen LogP contribution >= 0.6 is 0 Å². The minimum atomic E-state index is -1.16. The maximum atomic E-state index is 10.4. The lowest BCUT2D eigenvalue weighted by Crippen LogP contribution is -2.24. The minimum absolute atomic E-state index is 0.147. The van der Waals surface area contributed by atoms with Crippen molar-refractivity contribution in [2.75, 3.05) is 0 Å². The molecule has 0 amide bonds. The quantitative estimate of drug-likeness (QED) is 0.477. The lowest BCUT2D eigenvalue weighted by atomic mass is 9.89. The largest absolute Gasteiger partial charge is 0.472 e. The average Bonchev–Trinajstić information content (AvgIpc) is 2.13. The summed E-state index contributed by atoms with van der Waals surface area (Å²) >= 11 is 0. The fourth-order valence-corrected chi connectivity index (χ4v) is 1.05. The Morgan fingerprint density at radius 1 is 1.22 bits per heavy atom. The van der Waals surface area contributed by atoms with Crippen LogP contribution in [0.5, 0.6) is 0 Å². The van der Waals surface area contributed by atoms with Gasteiger partial charge in [0.1, 0.15) is 0 Å². The maximum Gasteiger partial charge on any atom is 0.381 e. The first-order valence-corrected chi connectivity index (χ1v) is 6.08. The monoisotopic (exact) mass is 256 g/mol. The van der Waals surface area contributed by atoms with Gasteiger partial charge in [-0.2, -0.15) is 0 Å². The second-order valence-electron chi connectivity index (χ2n) is 6.45. The molecule has 0 heterocycles. The van der Waals surface area contributed by atoms with E-state index in [9.17, 15) is 4.79 Å². The van der Waals surface area contributed by atoms with E-state index in [-0.39, 0.29) is 5.41 Å². The number of carboxylic acids is 1. The van der Waals surface area contributed by atoms with Crippen molar-refractivity contribution in [1.29, 1.82) is 0 Å². The Hall–Kier alpha value is -1.05. The van der Waals surface area contributed by atoms with Crippen LogP contribution in [-0.4, -0.2) is 22.8 Å². The van der Waals surface area contributed by atoms with E-state index in [0.29, 0.717) is 6.42 Å². The summed E-state index contributed by atoms with van der Waals surface area (Å²) in [6, 6.07) is 0. The van der Waals surface area contributed by atoms with Crippen LogP contribution in [-0.2, 0) is 14.6 Å². The highest BCUT2D eigenvalue weighted by molar-refractivity contribution is 5.86. The highest BCUT2D eigenvalue weighted by Gasteiger charge is 2.18. The molecular formula is C14H24O4. The van der Waals surface area contributed by atoms with Gasteiger partial charge in [0.05, 0.1) is 5.60 Å². The molecule has 104 valence electrons. The molecule has 0 bridgehead atoms. The molecule has 0 saturated heterocycles. The summed E-state index contributed by atoms with van der Waals surface area (Å²) in [5.41, 5.74) is -0.293. The zero-order valence-corrected chi connectivity index (χ0v) is 12.2. The van der Waals surface area contributed by atoms with Crippen LogP contribution in [0.3, 0.4) is 0 Å². The van der Waals surface area contributed by atoms with E-state index in [1.165, 1.54) is 0 Å². The van der Waals surface area contributed by atoms with Crippen LogP contribution in [0, 0.1) is 17.3 Å². The third-order valence-electron chi connectivity index (χ3n) is 1.91. The van der Waals surface area contributed by atoms with E-state index in [1.54, 1.807) is 0 Å². The number of carbonyl (C=O) groups is 1. The molecule has 18 heavy (non-hydrogen) atoms. The van der Waals surface area contributed by atoms with Crippen molar-refractivity contribution < 1.29 is 19.7 Å². The molecule has 0 fully saturated rings. The predicted octanol–water partition coefficient (Wildman–Crippen LogP) is 3.02. The van der Waals surface area contributed by atoms with Gasteiger partial charge in [0.25, 0.3) is 0 Å². The summed E-state index contributed by atoms with van der Waals surface area (Å²) in [6.45, 7) is 11.9. The Morgan fingerprint density at radius 2 is 1.78 bits per heavy atom. The van der Waals surface area contributed by atoms with Gasteiger partial charge in [-0.15, -0.1) is 0 Å². The maximum absolute atomic E-state index is 10.4. The third kappa shape index (κ3) is 11.4. The first kappa shape index (κ1) is 16.9. The van der Waals surface area contributed by atoms with Crippen molar-refractivity contribution in [1.82, 2.24) is 0 Å². The predicted molar refractivity (Wildman–Crippen MR) is 69.8 cm³/mol. The molecule has 1 N–H and O–H groups in total. The SMILES string of the molecule is CC(C)(C)CCC(C#CC(=O)O)OOC(C)(C)C. The van der Waals surface area contributed by atoms with Gasteiger partial charge in [-0.3, -0.25) is 0 Å². The Morgan fingerprint density at radius 3 is 2.17 bits per heavy atom. The first-order chi connectivity index (χ1) is 7.99. The zero-order chi connectivity index (χ0) is 14.4. The normalized spacial score (nSPS) is 13.7. The van der Waals surface area contributed by atoms with Crippen molar-refractivity contribution >= 4 is 5.97 Å². The van der Waals surface area contributed by atoms with E-state index in [2.05, 4.69) is 32.6 Å². The van der Waals surface area contributed by atoms with Crippen LogP contribution in [0.25, 0.3) is 0 Å². The Balaban J connectivity index is 4.45.